The molecule has 0 amide bonds. The zero-order valence-electron chi connectivity index (χ0n) is 45.7. The highest BCUT2D eigenvalue weighted by atomic mass is 16.6. The molecule has 0 heterocycles. The molecule has 0 aliphatic heterocycles. The first-order valence-corrected chi connectivity index (χ1v) is 29.1. The van der Waals surface area contributed by atoms with Crippen LogP contribution in [0.1, 0.15) is 252 Å². The number of unbranched alkanes of at least 4 members (excludes halogenated alkanes) is 21. The summed E-state index contributed by atoms with van der Waals surface area (Å²) in [6.07, 6.45) is 83.8. The molecule has 0 aromatic rings. The van der Waals surface area contributed by atoms with Crippen molar-refractivity contribution in [2.24, 2.45) is 0 Å². The molecule has 5 heteroatoms. The van der Waals surface area contributed by atoms with Crippen LogP contribution in [0.5, 0.6) is 0 Å². The van der Waals surface area contributed by atoms with Crippen LogP contribution in [0.25, 0.3) is 0 Å². The Kier molecular flexibility index (Phi) is 56.5. The highest BCUT2D eigenvalue weighted by Gasteiger charge is 2.17. The summed E-state index contributed by atoms with van der Waals surface area (Å²) in [5.41, 5.74) is 0. The molecule has 1 atom stereocenters. The molecule has 0 spiro atoms. The minimum Gasteiger partial charge on any atom is -0.462 e. The van der Waals surface area contributed by atoms with Crippen LogP contribution in [0, 0.1) is 0 Å². The van der Waals surface area contributed by atoms with Crippen LogP contribution >= 0.6 is 0 Å². The summed E-state index contributed by atoms with van der Waals surface area (Å²) in [5.74, 6) is -0.521. The Morgan fingerprint density at radius 1 is 0.329 bits per heavy atom. The first kappa shape index (κ1) is 66.3. The summed E-state index contributed by atoms with van der Waals surface area (Å²) in [5, 5.41) is 0. The van der Waals surface area contributed by atoms with Gasteiger partial charge in [0.1, 0.15) is 6.61 Å². The Labute approximate surface area is 433 Å². The Bertz CT molecular complexity index is 1420. The number of rotatable bonds is 52. The van der Waals surface area contributed by atoms with Gasteiger partial charge >= 0.3 is 11.9 Å². The maximum absolute atomic E-state index is 12.9. The summed E-state index contributed by atoms with van der Waals surface area (Å²) in [4.78, 5) is 25.5. The van der Waals surface area contributed by atoms with E-state index in [4.69, 9.17) is 14.2 Å². The minimum absolute atomic E-state index is 0.0301. The lowest BCUT2D eigenvalue weighted by molar-refractivity contribution is -0.162. The average Bonchev–Trinajstić information content (AvgIpc) is 3.36. The van der Waals surface area contributed by atoms with Crippen molar-refractivity contribution >= 4 is 11.9 Å². The predicted molar refractivity (Wildman–Crippen MR) is 306 cm³/mol. The summed E-state index contributed by atoms with van der Waals surface area (Å²) < 4.78 is 17.4. The Morgan fingerprint density at radius 2 is 0.671 bits per heavy atom. The van der Waals surface area contributed by atoms with Gasteiger partial charge in [-0.3, -0.25) is 9.59 Å². The van der Waals surface area contributed by atoms with E-state index < -0.39 is 6.10 Å². The lowest BCUT2D eigenvalue weighted by Crippen LogP contribution is -2.30. The largest absolute Gasteiger partial charge is 0.462 e. The van der Waals surface area contributed by atoms with Crippen molar-refractivity contribution in [3.63, 3.8) is 0 Å². The highest BCUT2D eigenvalue weighted by molar-refractivity contribution is 5.70. The second kappa shape index (κ2) is 59.6. The van der Waals surface area contributed by atoms with Gasteiger partial charge in [0.15, 0.2) is 6.10 Å². The third kappa shape index (κ3) is 56.9. The maximum atomic E-state index is 12.9. The number of esters is 2. The fraction of sp³-hybridized carbons (Fsp3) is 0.662. The van der Waals surface area contributed by atoms with Gasteiger partial charge in [0.2, 0.25) is 0 Å². The van der Waals surface area contributed by atoms with Crippen molar-refractivity contribution in [3.8, 4) is 0 Å². The molecule has 0 rings (SSSR count). The van der Waals surface area contributed by atoms with Crippen molar-refractivity contribution in [2.75, 3.05) is 19.8 Å². The molecule has 1 unspecified atom stereocenters. The molecule has 0 saturated heterocycles. The SMILES string of the molecule is CC/C=C\C/C=C\C/C=C\C/C=C\C/C=C\C/C=C\CCC(=O)OCC(COCCCCCCCCCCCCCCCCCCCC)OC(=O)CCCCCC/C=C\C/C=C\C/C=C\C/C=C\CC. The molecule has 0 aromatic heterocycles. The van der Waals surface area contributed by atoms with Crippen LogP contribution in [-0.2, 0) is 23.8 Å². The number of carbonyl (C=O) groups excluding carboxylic acids is 2. The molecule has 398 valence electrons. The van der Waals surface area contributed by atoms with Crippen LogP contribution in [0.4, 0.5) is 0 Å². The van der Waals surface area contributed by atoms with Crippen LogP contribution in [0.3, 0.4) is 0 Å². The van der Waals surface area contributed by atoms with E-state index in [-0.39, 0.29) is 25.2 Å². The molecule has 0 aliphatic carbocycles. The van der Waals surface area contributed by atoms with E-state index in [2.05, 4.69) is 136 Å². The summed E-state index contributed by atoms with van der Waals surface area (Å²) in [7, 11) is 0. The Morgan fingerprint density at radius 3 is 1.09 bits per heavy atom. The number of hydrogen-bond donors (Lipinski definition) is 0. The third-order valence-corrected chi connectivity index (χ3v) is 12.0. The standard InChI is InChI=1S/C65H108O5/c1-4-7-10-13-16-19-22-25-28-31-33-35-37-40-43-46-49-52-55-58-64(66)69-62-63(61-68-60-57-54-51-48-45-42-39-36-32-29-26-23-20-17-14-11-8-5-2)70-65(67)59-56-53-50-47-44-41-38-34-30-27-24-21-18-15-12-9-6-3/h7,9-10,12,16,18-19,21,25,27-28,30,33,35,38,40-41,43,49,52,63H,4-6,8,11,13-15,17,20,22-24,26,29,31-32,34,36-37,39,42,44-48,50-51,53-62H2,1-3H3/b10-7-,12-9-,19-16-,21-18-,28-25-,30-27-,35-33-,41-38-,43-40-,52-49-. The van der Waals surface area contributed by atoms with E-state index in [0.717, 1.165) is 109 Å². The van der Waals surface area contributed by atoms with Gasteiger partial charge in [0.25, 0.3) is 0 Å². The van der Waals surface area contributed by atoms with Crippen LogP contribution in [-0.4, -0.2) is 37.9 Å². The van der Waals surface area contributed by atoms with E-state index in [9.17, 15) is 9.59 Å². The predicted octanol–water partition coefficient (Wildman–Crippen LogP) is 20.1. The van der Waals surface area contributed by atoms with Gasteiger partial charge in [0, 0.05) is 19.4 Å². The number of hydrogen-bond acceptors (Lipinski definition) is 5. The zero-order valence-corrected chi connectivity index (χ0v) is 45.7. The topological polar surface area (TPSA) is 61.8 Å². The van der Waals surface area contributed by atoms with Crippen molar-refractivity contribution < 1.29 is 23.8 Å². The summed E-state index contributed by atoms with van der Waals surface area (Å²) in [6, 6.07) is 0. The molecule has 5 nitrogen and oxygen atoms in total. The maximum Gasteiger partial charge on any atom is 0.306 e. The van der Waals surface area contributed by atoms with Gasteiger partial charge in [-0.15, -0.1) is 0 Å². The van der Waals surface area contributed by atoms with Crippen molar-refractivity contribution in [1.82, 2.24) is 0 Å². The number of ether oxygens (including phenoxy) is 3. The van der Waals surface area contributed by atoms with Crippen LogP contribution in [0.2, 0.25) is 0 Å². The first-order valence-electron chi connectivity index (χ1n) is 29.1. The third-order valence-electron chi connectivity index (χ3n) is 12.0. The average molecular weight is 970 g/mol. The van der Waals surface area contributed by atoms with Gasteiger partial charge in [-0.2, -0.15) is 0 Å². The Hall–Kier alpha value is -3.70. The molecule has 0 bridgehead atoms. The van der Waals surface area contributed by atoms with E-state index in [1.54, 1.807) is 0 Å². The second-order valence-corrected chi connectivity index (χ2v) is 18.8. The normalized spacial score (nSPS) is 13.1. The molecule has 0 aliphatic rings. The van der Waals surface area contributed by atoms with E-state index >= 15 is 0 Å². The van der Waals surface area contributed by atoms with Gasteiger partial charge in [-0.1, -0.05) is 264 Å². The van der Waals surface area contributed by atoms with Crippen LogP contribution in [0.15, 0.2) is 122 Å². The molecule has 0 fully saturated rings. The lowest BCUT2D eigenvalue weighted by Gasteiger charge is -2.18. The molecule has 0 radical (unpaired) electrons. The minimum atomic E-state index is -0.587. The summed E-state index contributed by atoms with van der Waals surface area (Å²) >= 11 is 0. The fourth-order valence-corrected chi connectivity index (χ4v) is 7.76. The molecule has 0 saturated carbocycles. The smallest absolute Gasteiger partial charge is 0.306 e. The van der Waals surface area contributed by atoms with Crippen molar-refractivity contribution in [3.05, 3.63) is 122 Å². The summed E-state index contributed by atoms with van der Waals surface area (Å²) in [6.45, 7) is 7.51. The Balaban J connectivity index is 4.44. The fourth-order valence-electron chi connectivity index (χ4n) is 7.76. The molecule has 0 N–H and O–H groups in total. The van der Waals surface area contributed by atoms with E-state index in [1.807, 2.05) is 6.08 Å². The van der Waals surface area contributed by atoms with Crippen molar-refractivity contribution in [1.29, 1.82) is 0 Å². The molecular weight excluding hydrogens is 861 g/mol. The lowest BCUT2D eigenvalue weighted by atomic mass is 10.0. The highest BCUT2D eigenvalue weighted by Crippen LogP contribution is 2.15. The number of carbonyl (C=O) groups is 2. The van der Waals surface area contributed by atoms with Gasteiger partial charge in [-0.25, -0.2) is 0 Å². The monoisotopic (exact) mass is 969 g/mol. The van der Waals surface area contributed by atoms with Gasteiger partial charge in [-0.05, 0) is 96.3 Å². The van der Waals surface area contributed by atoms with Gasteiger partial charge < -0.3 is 14.2 Å². The zero-order chi connectivity index (χ0) is 50.6. The number of allylic oxidation sites excluding steroid dienone is 20. The molecular formula is C65H108O5. The van der Waals surface area contributed by atoms with Gasteiger partial charge in [0.05, 0.1) is 6.61 Å². The quantitative estimate of drug-likeness (QED) is 0.0345. The van der Waals surface area contributed by atoms with Crippen molar-refractivity contribution in [2.45, 2.75) is 258 Å². The van der Waals surface area contributed by atoms with E-state index in [0.29, 0.717) is 25.9 Å². The van der Waals surface area contributed by atoms with E-state index in [1.165, 1.54) is 103 Å². The molecule has 0 aromatic carbocycles. The second-order valence-electron chi connectivity index (χ2n) is 18.8. The van der Waals surface area contributed by atoms with Crippen LogP contribution < -0.4 is 0 Å². The molecule has 70 heavy (non-hydrogen) atoms. The first-order chi connectivity index (χ1) is 34.6.